The third-order valence-electron chi connectivity index (χ3n) is 1.68. The second kappa shape index (κ2) is 3.67. The lowest BCUT2D eigenvalue weighted by atomic mass is 10.2. The Labute approximate surface area is 70.9 Å². The van der Waals surface area contributed by atoms with Crippen LogP contribution in [0.4, 0.5) is 0 Å². The van der Waals surface area contributed by atoms with Crippen LogP contribution in [-0.2, 0) is 14.2 Å². The summed E-state index contributed by atoms with van der Waals surface area (Å²) >= 11 is 0. The average molecular weight is 166 g/mol. The van der Waals surface area contributed by atoms with Gasteiger partial charge in [0.05, 0.1) is 0 Å². The molecule has 0 atom stereocenters. The molecule has 1 aromatic rings. The van der Waals surface area contributed by atoms with E-state index in [1.807, 2.05) is 30.3 Å². The van der Waals surface area contributed by atoms with Crippen LogP contribution in [0.3, 0.4) is 0 Å². The smallest absolute Gasteiger partial charge is 0.189 e. The normalized spacial score (nSPS) is 19.3. The van der Waals surface area contributed by atoms with Crippen molar-refractivity contribution in [1.82, 2.24) is 0 Å². The van der Waals surface area contributed by atoms with Crippen molar-refractivity contribution in [3.05, 3.63) is 35.9 Å². The van der Waals surface area contributed by atoms with Crippen LogP contribution in [-0.4, -0.2) is 13.6 Å². The molecule has 0 N–H and O–H groups in total. The van der Waals surface area contributed by atoms with E-state index in [0.29, 0.717) is 13.6 Å². The highest BCUT2D eigenvalue weighted by Gasteiger charge is 2.15. The molecule has 0 bridgehead atoms. The first-order valence-electron chi connectivity index (χ1n) is 3.83. The van der Waals surface area contributed by atoms with Gasteiger partial charge in [-0.15, -0.1) is 0 Å². The average Bonchev–Trinajstić information content (AvgIpc) is 2.21. The second-order valence-electron chi connectivity index (χ2n) is 2.52. The fourth-order valence-corrected chi connectivity index (χ4v) is 1.10. The molecule has 1 saturated heterocycles. The van der Waals surface area contributed by atoms with Crippen molar-refractivity contribution in [3.8, 4) is 0 Å². The van der Waals surface area contributed by atoms with Crippen LogP contribution < -0.4 is 0 Å². The van der Waals surface area contributed by atoms with Crippen molar-refractivity contribution in [2.24, 2.45) is 0 Å². The molecule has 12 heavy (non-hydrogen) atoms. The summed E-state index contributed by atoms with van der Waals surface area (Å²) in [4.78, 5) is 0. The fourth-order valence-electron chi connectivity index (χ4n) is 1.10. The lowest BCUT2D eigenvalue weighted by molar-refractivity contribution is -0.303. The Morgan fingerprint density at radius 3 is 2.33 bits per heavy atom. The topological polar surface area (TPSA) is 27.7 Å². The minimum atomic E-state index is -0.264. The lowest BCUT2D eigenvalue weighted by Crippen LogP contribution is -2.19. The van der Waals surface area contributed by atoms with E-state index in [2.05, 4.69) is 0 Å². The number of benzene rings is 1. The van der Waals surface area contributed by atoms with Gasteiger partial charge in [-0.3, -0.25) is 0 Å². The quantitative estimate of drug-likeness (QED) is 0.635. The van der Waals surface area contributed by atoms with Gasteiger partial charge in [-0.2, -0.15) is 0 Å². The Balaban J connectivity index is 2.08. The predicted octanol–water partition coefficient (Wildman–Crippen LogP) is 1.66. The fraction of sp³-hybridized carbons (Fsp3) is 0.333. The standard InChI is InChI=1S/C9H10O3/c1-2-4-8(5-3-1)9-11-6-10-7-12-9/h1-5,9H,6-7H2. The summed E-state index contributed by atoms with van der Waals surface area (Å²) in [6, 6.07) is 9.81. The maximum Gasteiger partial charge on any atom is 0.189 e. The molecule has 1 heterocycles. The summed E-state index contributed by atoms with van der Waals surface area (Å²) in [5, 5.41) is 0. The van der Waals surface area contributed by atoms with E-state index >= 15 is 0 Å². The Morgan fingerprint density at radius 2 is 1.67 bits per heavy atom. The van der Waals surface area contributed by atoms with Crippen molar-refractivity contribution < 1.29 is 14.2 Å². The molecule has 0 aromatic heterocycles. The zero-order valence-corrected chi connectivity index (χ0v) is 6.60. The molecule has 0 aliphatic carbocycles. The van der Waals surface area contributed by atoms with Crippen LogP contribution in [0.2, 0.25) is 0 Å². The van der Waals surface area contributed by atoms with Gasteiger partial charge in [0.25, 0.3) is 0 Å². The van der Waals surface area contributed by atoms with Gasteiger partial charge >= 0.3 is 0 Å². The highest BCUT2D eigenvalue weighted by Crippen LogP contribution is 2.20. The van der Waals surface area contributed by atoms with Crippen LogP contribution in [0, 0.1) is 0 Å². The Morgan fingerprint density at radius 1 is 1.00 bits per heavy atom. The number of hydrogen-bond acceptors (Lipinski definition) is 3. The monoisotopic (exact) mass is 166 g/mol. The van der Waals surface area contributed by atoms with Crippen LogP contribution in [0.1, 0.15) is 11.9 Å². The van der Waals surface area contributed by atoms with E-state index in [0.717, 1.165) is 5.56 Å². The zero-order chi connectivity index (χ0) is 8.23. The summed E-state index contributed by atoms with van der Waals surface area (Å²) in [5.41, 5.74) is 1.03. The largest absolute Gasteiger partial charge is 0.329 e. The first-order chi connectivity index (χ1) is 5.97. The summed E-state index contributed by atoms with van der Waals surface area (Å²) in [6.45, 7) is 0.610. The number of rotatable bonds is 1. The van der Waals surface area contributed by atoms with Gasteiger partial charge in [0.2, 0.25) is 0 Å². The first-order valence-corrected chi connectivity index (χ1v) is 3.83. The summed E-state index contributed by atoms with van der Waals surface area (Å²) in [7, 11) is 0. The molecule has 1 fully saturated rings. The van der Waals surface area contributed by atoms with Crippen LogP contribution in [0.5, 0.6) is 0 Å². The molecule has 1 aliphatic rings. The Kier molecular flexibility index (Phi) is 2.36. The van der Waals surface area contributed by atoms with Crippen molar-refractivity contribution in [1.29, 1.82) is 0 Å². The SMILES string of the molecule is c1ccc(C2OCOCO2)cc1. The van der Waals surface area contributed by atoms with Crippen molar-refractivity contribution in [3.63, 3.8) is 0 Å². The van der Waals surface area contributed by atoms with Gasteiger partial charge in [-0.05, 0) is 0 Å². The number of ether oxygens (including phenoxy) is 3. The molecule has 0 unspecified atom stereocenters. The van der Waals surface area contributed by atoms with Crippen LogP contribution in [0.15, 0.2) is 30.3 Å². The summed E-state index contributed by atoms with van der Waals surface area (Å²) in [6.07, 6.45) is -0.264. The highest BCUT2D eigenvalue weighted by molar-refractivity contribution is 5.15. The van der Waals surface area contributed by atoms with E-state index in [1.165, 1.54) is 0 Å². The van der Waals surface area contributed by atoms with Gasteiger partial charge in [-0.1, -0.05) is 30.3 Å². The van der Waals surface area contributed by atoms with E-state index in [4.69, 9.17) is 14.2 Å². The molecule has 0 saturated carbocycles. The minimum absolute atomic E-state index is 0.264. The molecule has 0 radical (unpaired) electrons. The molecular formula is C9H10O3. The van der Waals surface area contributed by atoms with Gasteiger partial charge in [0, 0.05) is 5.56 Å². The molecule has 3 nitrogen and oxygen atoms in total. The molecule has 0 amide bonds. The maximum absolute atomic E-state index is 5.22. The van der Waals surface area contributed by atoms with Gasteiger partial charge in [-0.25, -0.2) is 0 Å². The van der Waals surface area contributed by atoms with E-state index in [9.17, 15) is 0 Å². The number of hydrogen-bond donors (Lipinski definition) is 0. The molecule has 2 rings (SSSR count). The minimum Gasteiger partial charge on any atom is -0.329 e. The highest BCUT2D eigenvalue weighted by atomic mass is 16.8. The Bertz CT molecular complexity index is 229. The molecule has 1 aromatic carbocycles. The van der Waals surface area contributed by atoms with E-state index < -0.39 is 0 Å². The maximum atomic E-state index is 5.22. The predicted molar refractivity (Wildman–Crippen MR) is 42.2 cm³/mol. The van der Waals surface area contributed by atoms with Crippen molar-refractivity contribution >= 4 is 0 Å². The second-order valence-corrected chi connectivity index (χ2v) is 2.52. The zero-order valence-electron chi connectivity index (χ0n) is 6.60. The Hall–Kier alpha value is -0.900. The molecular weight excluding hydrogens is 156 g/mol. The van der Waals surface area contributed by atoms with E-state index in [-0.39, 0.29) is 6.29 Å². The molecule has 64 valence electrons. The third-order valence-corrected chi connectivity index (χ3v) is 1.68. The lowest BCUT2D eigenvalue weighted by Gasteiger charge is -2.23. The van der Waals surface area contributed by atoms with E-state index in [1.54, 1.807) is 0 Å². The molecule has 0 spiro atoms. The van der Waals surface area contributed by atoms with Crippen molar-refractivity contribution in [2.75, 3.05) is 13.6 Å². The summed E-state index contributed by atoms with van der Waals surface area (Å²) < 4.78 is 15.3. The van der Waals surface area contributed by atoms with Gasteiger partial charge < -0.3 is 14.2 Å². The van der Waals surface area contributed by atoms with Crippen LogP contribution in [0.25, 0.3) is 0 Å². The summed E-state index contributed by atoms with van der Waals surface area (Å²) in [5.74, 6) is 0. The molecule has 3 heteroatoms. The van der Waals surface area contributed by atoms with Gasteiger partial charge in [0.1, 0.15) is 0 Å². The molecule has 1 aliphatic heterocycles. The third kappa shape index (κ3) is 1.64. The van der Waals surface area contributed by atoms with Crippen molar-refractivity contribution in [2.45, 2.75) is 6.29 Å². The first kappa shape index (κ1) is 7.73. The van der Waals surface area contributed by atoms with Crippen LogP contribution >= 0.6 is 0 Å². The van der Waals surface area contributed by atoms with Gasteiger partial charge in [0.15, 0.2) is 19.9 Å².